The predicted molar refractivity (Wildman–Crippen MR) is 87.5 cm³/mol. The van der Waals surface area contributed by atoms with E-state index in [1.165, 1.54) is 27.1 Å². The Kier molecular flexibility index (Phi) is 4.90. The van der Waals surface area contributed by atoms with Gasteiger partial charge in [-0.25, -0.2) is 0 Å². The van der Waals surface area contributed by atoms with Crippen LogP contribution in [0, 0.1) is 27.7 Å². The topological polar surface area (TPSA) is 20.2 Å². The van der Waals surface area contributed by atoms with Crippen LogP contribution in [0.25, 0.3) is 0 Å². The molecule has 0 amide bonds. The Bertz CT molecular complexity index is 604. The van der Waals surface area contributed by atoms with Crippen molar-refractivity contribution < 1.29 is 5.11 Å². The summed E-state index contributed by atoms with van der Waals surface area (Å²) in [5.74, 6) is 0.689. The van der Waals surface area contributed by atoms with Crippen molar-refractivity contribution in [3.63, 3.8) is 0 Å². The molecule has 0 bridgehead atoms. The van der Waals surface area contributed by atoms with Gasteiger partial charge >= 0.3 is 0 Å². The minimum atomic E-state index is -0.418. The maximum Gasteiger partial charge on any atom is 0.0886 e. The summed E-state index contributed by atoms with van der Waals surface area (Å²) < 4.78 is 0. The quantitative estimate of drug-likeness (QED) is 0.819. The van der Waals surface area contributed by atoms with Crippen LogP contribution < -0.4 is 0 Å². The fourth-order valence-corrected chi connectivity index (χ4v) is 3.31. The van der Waals surface area contributed by atoms with Crippen LogP contribution >= 0.6 is 11.8 Å². The first-order valence-corrected chi connectivity index (χ1v) is 7.92. The van der Waals surface area contributed by atoms with Gasteiger partial charge < -0.3 is 5.11 Å². The Hall–Kier alpha value is -1.25. The monoisotopic (exact) mass is 286 g/mol. The van der Waals surface area contributed by atoms with Crippen molar-refractivity contribution in [2.45, 2.75) is 38.7 Å². The van der Waals surface area contributed by atoms with Gasteiger partial charge in [-0.1, -0.05) is 30.3 Å². The molecule has 1 atom stereocenters. The lowest BCUT2D eigenvalue weighted by Gasteiger charge is -2.16. The van der Waals surface area contributed by atoms with Gasteiger partial charge in [-0.15, -0.1) is 11.8 Å². The third-order valence-electron chi connectivity index (χ3n) is 3.73. The zero-order valence-electron chi connectivity index (χ0n) is 12.6. The van der Waals surface area contributed by atoms with E-state index in [0.29, 0.717) is 5.75 Å². The van der Waals surface area contributed by atoms with Crippen molar-refractivity contribution in [3.05, 3.63) is 64.2 Å². The molecular formula is C18H22OS. The third-order valence-corrected chi connectivity index (χ3v) is 4.98. The van der Waals surface area contributed by atoms with Crippen molar-refractivity contribution in [1.82, 2.24) is 0 Å². The molecule has 20 heavy (non-hydrogen) atoms. The maximum atomic E-state index is 10.4. The SMILES string of the molecule is Cc1cc(C)c(C(O)CSc2ccccc2C)cc1C. The highest BCUT2D eigenvalue weighted by molar-refractivity contribution is 7.99. The number of aryl methyl sites for hydroxylation is 4. The lowest BCUT2D eigenvalue weighted by atomic mass is 9.98. The molecule has 0 aliphatic rings. The first kappa shape index (κ1) is 15.1. The van der Waals surface area contributed by atoms with E-state index in [2.05, 4.69) is 52.0 Å². The molecule has 0 fully saturated rings. The van der Waals surface area contributed by atoms with Gasteiger partial charge in [0, 0.05) is 10.6 Å². The minimum absolute atomic E-state index is 0.418. The van der Waals surface area contributed by atoms with Crippen molar-refractivity contribution in [1.29, 1.82) is 0 Å². The molecule has 0 aliphatic heterocycles. The Morgan fingerprint density at radius 2 is 1.55 bits per heavy atom. The van der Waals surface area contributed by atoms with Crippen molar-refractivity contribution in [2.75, 3.05) is 5.75 Å². The van der Waals surface area contributed by atoms with Crippen LogP contribution in [-0.4, -0.2) is 10.9 Å². The first-order chi connectivity index (χ1) is 9.49. The summed E-state index contributed by atoms with van der Waals surface area (Å²) in [7, 11) is 0. The van der Waals surface area contributed by atoms with Gasteiger partial charge in [-0.2, -0.15) is 0 Å². The summed E-state index contributed by atoms with van der Waals surface area (Å²) in [6.45, 7) is 8.39. The number of benzene rings is 2. The van der Waals surface area contributed by atoms with Crippen LogP contribution in [0.4, 0.5) is 0 Å². The van der Waals surface area contributed by atoms with Gasteiger partial charge in [-0.3, -0.25) is 0 Å². The molecule has 0 radical (unpaired) electrons. The molecule has 0 saturated heterocycles. The Morgan fingerprint density at radius 3 is 2.25 bits per heavy atom. The molecule has 0 spiro atoms. The summed E-state index contributed by atoms with van der Waals surface area (Å²) in [5.41, 5.74) is 6.01. The Morgan fingerprint density at radius 1 is 0.900 bits per heavy atom. The summed E-state index contributed by atoms with van der Waals surface area (Å²) in [4.78, 5) is 1.24. The predicted octanol–water partition coefficient (Wildman–Crippen LogP) is 4.75. The summed E-state index contributed by atoms with van der Waals surface area (Å²) >= 11 is 1.72. The molecule has 2 aromatic carbocycles. The maximum absolute atomic E-state index is 10.4. The molecule has 1 N–H and O–H groups in total. The van der Waals surface area contributed by atoms with Crippen LogP contribution in [0.3, 0.4) is 0 Å². The molecule has 0 aromatic heterocycles. The van der Waals surface area contributed by atoms with Gasteiger partial charge in [0.2, 0.25) is 0 Å². The molecule has 0 heterocycles. The smallest absolute Gasteiger partial charge is 0.0886 e. The molecule has 2 rings (SSSR count). The van der Waals surface area contributed by atoms with E-state index in [-0.39, 0.29) is 0 Å². The number of rotatable bonds is 4. The normalized spacial score (nSPS) is 12.4. The number of hydrogen-bond donors (Lipinski definition) is 1. The molecule has 1 unspecified atom stereocenters. The molecule has 2 aromatic rings. The fourth-order valence-electron chi connectivity index (χ4n) is 2.32. The summed E-state index contributed by atoms with van der Waals surface area (Å²) in [6, 6.07) is 12.6. The van der Waals surface area contributed by atoms with Crippen LogP contribution in [0.2, 0.25) is 0 Å². The van der Waals surface area contributed by atoms with Gasteiger partial charge in [-0.05, 0) is 61.6 Å². The lowest BCUT2D eigenvalue weighted by molar-refractivity contribution is 0.203. The molecule has 106 valence electrons. The molecular weight excluding hydrogens is 264 g/mol. The highest BCUT2D eigenvalue weighted by Gasteiger charge is 2.12. The van der Waals surface area contributed by atoms with Crippen molar-refractivity contribution >= 4 is 11.8 Å². The van der Waals surface area contributed by atoms with Gasteiger partial charge in [0.05, 0.1) is 6.10 Å². The van der Waals surface area contributed by atoms with Gasteiger partial charge in [0.1, 0.15) is 0 Å². The second-order valence-electron chi connectivity index (χ2n) is 5.39. The van der Waals surface area contributed by atoms with E-state index in [4.69, 9.17) is 0 Å². The molecule has 0 saturated carbocycles. The number of thioether (sulfide) groups is 1. The number of aliphatic hydroxyl groups excluding tert-OH is 1. The van der Waals surface area contributed by atoms with E-state index in [9.17, 15) is 5.11 Å². The van der Waals surface area contributed by atoms with Crippen molar-refractivity contribution in [3.8, 4) is 0 Å². The largest absolute Gasteiger partial charge is 0.388 e. The highest BCUT2D eigenvalue weighted by Crippen LogP contribution is 2.29. The average Bonchev–Trinajstić information content (AvgIpc) is 2.41. The highest BCUT2D eigenvalue weighted by atomic mass is 32.2. The second kappa shape index (κ2) is 6.47. The first-order valence-electron chi connectivity index (χ1n) is 6.93. The molecule has 1 nitrogen and oxygen atoms in total. The molecule has 2 heteroatoms. The van der Waals surface area contributed by atoms with Crippen LogP contribution in [-0.2, 0) is 0 Å². The van der Waals surface area contributed by atoms with E-state index in [0.717, 1.165) is 5.56 Å². The zero-order valence-corrected chi connectivity index (χ0v) is 13.4. The second-order valence-corrected chi connectivity index (χ2v) is 6.45. The molecule has 0 aliphatic carbocycles. The van der Waals surface area contributed by atoms with Crippen LogP contribution in [0.5, 0.6) is 0 Å². The van der Waals surface area contributed by atoms with Crippen LogP contribution in [0.1, 0.15) is 33.9 Å². The van der Waals surface area contributed by atoms with Gasteiger partial charge in [0.25, 0.3) is 0 Å². The fraction of sp³-hybridized carbons (Fsp3) is 0.333. The summed E-state index contributed by atoms with van der Waals surface area (Å²) in [5, 5.41) is 10.4. The summed E-state index contributed by atoms with van der Waals surface area (Å²) in [6.07, 6.45) is -0.418. The Labute approximate surface area is 126 Å². The standard InChI is InChI=1S/C18H22OS/c1-12-7-5-6-8-18(12)20-11-17(19)16-10-14(3)13(2)9-15(16)4/h5-10,17,19H,11H2,1-4H3. The lowest BCUT2D eigenvalue weighted by Crippen LogP contribution is -2.04. The minimum Gasteiger partial charge on any atom is -0.388 e. The van der Waals surface area contributed by atoms with Crippen molar-refractivity contribution in [2.24, 2.45) is 0 Å². The van der Waals surface area contributed by atoms with E-state index in [1.807, 2.05) is 12.1 Å². The third kappa shape index (κ3) is 3.44. The van der Waals surface area contributed by atoms with E-state index >= 15 is 0 Å². The van der Waals surface area contributed by atoms with E-state index < -0.39 is 6.10 Å². The number of aliphatic hydroxyl groups is 1. The average molecular weight is 286 g/mol. The van der Waals surface area contributed by atoms with E-state index in [1.54, 1.807) is 11.8 Å². The Balaban J connectivity index is 2.11. The zero-order chi connectivity index (χ0) is 14.7. The van der Waals surface area contributed by atoms with Gasteiger partial charge in [0.15, 0.2) is 0 Å². The van der Waals surface area contributed by atoms with Crippen LogP contribution in [0.15, 0.2) is 41.3 Å². The number of hydrogen-bond acceptors (Lipinski definition) is 2.